The Morgan fingerprint density at radius 1 is 1.53 bits per heavy atom. The lowest BCUT2D eigenvalue weighted by molar-refractivity contribution is -0.159. The maximum absolute atomic E-state index is 10.4. The highest BCUT2D eigenvalue weighted by Crippen LogP contribution is 2.48. The van der Waals surface area contributed by atoms with Crippen LogP contribution in [0, 0.1) is 0 Å². The van der Waals surface area contributed by atoms with Crippen molar-refractivity contribution < 1.29 is 14.6 Å². The third kappa shape index (κ3) is 2.09. The van der Waals surface area contributed by atoms with Crippen molar-refractivity contribution in [3.63, 3.8) is 0 Å². The van der Waals surface area contributed by atoms with E-state index in [1.165, 1.54) is 11.8 Å². The summed E-state index contributed by atoms with van der Waals surface area (Å²) in [7, 11) is 0. The van der Waals surface area contributed by atoms with Crippen LogP contribution in [0.15, 0.2) is 12.7 Å². The summed E-state index contributed by atoms with van der Waals surface area (Å²) >= 11 is 1.54. The minimum atomic E-state index is -0.799. The summed E-state index contributed by atoms with van der Waals surface area (Å²) < 4.78 is 11.5. The van der Waals surface area contributed by atoms with E-state index < -0.39 is 10.7 Å². The third-order valence-electron chi connectivity index (χ3n) is 2.83. The van der Waals surface area contributed by atoms with Gasteiger partial charge in [-0.3, -0.25) is 0 Å². The Bertz CT molecular complexity index is 267. The van der Waals surface area contributed by atoms with E-state index in [-0.39, 0.29) is 12.2 Å². The van der Waals surface area contributed by atoms with Crippen molar-refractivity contribution in [3.8, 4) is 0 Å². The SMILES string of the molecule is C=CCCC1(O)SCC2OC(C)(C)O[C@@H]21. The molecule has 0 aromatic rings. The van der Waals surface area contributed by atoms with E-state index in [2.05, 4.69) is 6.58 Å². The van der Waals surface area contributed by atoms with Gasteiger partial charge in [0.2, 0.25) is 0 Å². The number of rotatable bonds is 3. The lowest BCUT2D eigenvalue weighted by atomic mass is 10.0. The van der Waals surface area contributed by atoms with Gasteiger partial charge in [-0.25, -0.2) is 0 Å². The molecule has 2 heterocycles. The molecule has 0 saturated carbocycles. The zero-order chi connectivity index (χ0) is 11.1. The van der Waals surface area contributed by atoms with Crippen molar-refractivity contribution in [2.45, 2.75) is 49.6 Å². The molecule has 15 heavy (non-hydrogen) atoms. The fraction of sp³-hybridized carbons (Fsp3) is 0.818. The monoisotopic (exact) mass is 230 g/mol. The topological polar surface area (TPSA) is 38.7 Å². The Balaban J connectivity index is 2.07. The molecule has 3 atom stereocenters. The average molecular weight is 230 g/mol. The van der Waals surface area contributed by atoms with Gasteiger partial charge in [0, 0.05) is 5.75 Å². The molecule has 0 aromatic carbocycles. The Kier molecular flexibility index (Phi) is 2.88. The normalized spacial score (nSPS) is 42.9. The van der Waals surface area contributed by atoms with Crippen molar-refractivity contribution in [2.24, 2.45) is 0 Å². The second kappa shape index (κ2) is 3.77. The van der Waals surface area contributed by atoms with Crippen LogP contribution in [0.1, 0.15) is 26.7 Å². The van der Waals surface area contributed by atoms with Gasteiger partial charge in [-0.2, -0.15) is 0 Å². The maximum atomic E-state index is 10.4. The second-order valence-corrected chi connectivity index (χ2v) is 5.91. The number of thioether (sulfide) groups is 1. The van der Waals surface area contributed by atoms with Crippen LogP contribution in [0.5, 0.6) is 0 Å². The van der Waals surface area contributed by atoms with Crippen molar-refractivity contribution in [3.05, 3.63) is 12.7 Å². The molecule has 2 saturated heterocycles. The predicted octanol–water partition coefficient (Wildman–Crippen LogP) is 1.91. The van der Waals surface area contributed by atoms with Gasteiger partial charge in [0.15, 0.2) is 5.79 Å². The van der Waals surface area contributed by atoms with E-state index >= 15 is 0 Å². The van der Waals surface area contributed by atoms with Crippen molar-refractivity contribution in [1.29, 1.82) is 0 Å². The Hall–Kier alpha value is -0.0300. The fourth-order valence-corrected chi connectivity index (χ4v) is 3.49. The molecule has 86 valence electrons. The first-order valence-corrected chi connectivity index (χ1v) is 6.28. The molecule has 0 radical (unpaired) electrons. The lowest BCUT2D eigenvalue weighted by Crippen LogP contribution is -2.39. The summed E-state index contributed by atoms with van der Waals surface area (Å²) in [5, 5.41) is 10.4. The van der Waals surface area contributed by atoms with Crippen LogP contribution < -0.4 is 0 Å². The summed E-state index contributed by atoms with van der Waals surface area (Å²) in [5.74, 6) is 0.250. The smallest absolute Gasteiger partial charge is 0.163 e. The van der Waals surface area contributed by atoms with Gasteiger partial charge in [0.25, 0.3) is 0 Å². The van der Waals surface area contributed by atoms with Crippen LogP contribution in [0.2, 0.25) is 0 Å². The highest BCUT2D eigenvalue weighted by Gasteiger charge is 2.56. The molecule has 0 bridgehead atoms. The molecule has 2 rings (SSSR count). The minimum Gasteiger partial charge on any atom is -0.377 e. The minimum absolute atomic E-state index is 0.0276. The first kappa shape index (κ1) is 11.5. The first-order chi connectivity index (χ1) is 6.97. The van der Waals surface area contributed by atoms with Crippen molar-refractivity contribution in [2.75, 3.05) is 5.75 Å². The molecule has 0 aromatic heterocycles. The molecule has 0 aliphatic carbocycles. The maximum Gasteiger partial charge on any atom is 0.163 e. The summed E-state index contributed by atoms with van der Waals surface area (Å²) in [6.45, 7) is 7.46. The van der Waals surface area contributed by atoms with Gasteiger partial charge in [-0.15, -0.1) is 18.3 Å². The average Bonchev–Trinajstić information content (AvgIpc) is 2.60. The lowest BCUT2D eigenvalue weighted by Gasteiger charge is -2.28. The van der Waals surface area contributed by atoms with Crippen LogP contribution in [0.25, 0.3) is 0 Å². The zero-order valence-corrected chi connectivity index (χ0v) is 10.0. The molecular weight excluding hydrogens is 212 g/mol. The Labute approximate surface area is 94.8 Å². The number of hydrogen-bond donors (Lipinski definition) is 1. The zero-order valence-electron chi connectivity index (χ0n) is 9.23. The molecule has 4 heteroatoms. The largest absolute Gasteiger partial charge is 0.377 e. The van der Waals surface area contributed by atoms with E-state index in [0.717, 1.165) is 12.2 Å². The molecule has 3 nitrogen and oxygen atoms in total. The molecular formula is C11H18O3S. The van der Waals surface area contributed by atoms with E-state index in [4.69, 9.17) is 9.47 Å². The molecule has 0 spiro atoms. The van der Waals surface area contributed by atoms with Gasteiger partial charge >= 0.3 is 0 Å². The summed E-state index contributed by atoms with van der Waals surface area (Å²) in [5.41, 5.74) is 0. The highest BCUT2D eigenvalue weighted by atomic mass is 32.2. The number of allylic oxidation sites excluding steroid dienone is 1. The van der Waals surface area contributed by atoms with E-state index in [9.17, 15) is 5.11 Å². The number of aliphatic hydroxyl groups is 1. The van der Waals surface area contributed by atoms with Gasteiger partial charge in [-0.1, -0.05) is 6.08 Å². The first-order valence-electron chi connectivity index (χ1n) is 5.30. The summed E-state index contributed by atoms with van der Waals surface area (Å²) in [6, 6.07) is 0. The Morgan fingerprint density at radius 2 is 2.27 bits per heavy atom. The van der Waals surface area contributed by atoms with Crippen LogP contribution >= 0.6 is 11.8 Å². The van der Waals surface area contributed by atoms with Crippen LogP contribution in [-0.2, 0) is 9.47 Å². The molecule has 2 aliphatic heterocycles. The van der Waals surface area contributed by atoms with Crippen LogP contribution in [-0.4, -0.2) is 33.8 Å². The van der Waals surface area contributed by atoms with Crippen LogP contribution in [0.4, 0.5) is 0 Å². The van der Waals surface area contributed by atoms with Gasteiger partial charge < -0.3 is 14.6 Å². The second-order valence-electron chi connectivity index (χ2n) is 4.58. The number of hydrogen-bond acceptors (Lipinski definition) is 4. The van der Waals surface area contributed by atoms with Crippen molar-refractivity contribution >= 4 is 11.8 Å². The predicted molar refractivity (Wildman–Crippen MR) is 60.7 cm³/mol. The van der Waals surface area contributed by atoms with E-state index in [1.807, 2.05) is 19.9 Å². The standard InChI is InChI=1S/C11H18O3S/c1-4-5-6-11(12)9-8(7-15-11)13-10(2,3)14-9/h4,8-9,12H,1,5-7H2,2-3H3/t8?,9-,11?/m0/s1. The summed E-state index contributed by atoms with van der Waals surface area (Å²) in [6.07, 6.45) is 3.14. The third-order valence-corrected chi connectivity index (χ3v) is 4.26. The van der Waals surface area contributed by atoms with Crippen LogP contribution in [0.3, 0.4) is 0 Å². The molecule has 0 amide bonds. The quantitative estimate of drug-likeness (QED) is 0.752. The van der Waals surface area contributed by atoms with E-state index in [0.29, 0.717) is 6.42 Å². The molecule has 2 aliphatic rings. The van der Waals surface area contributed by atoms with Gasteiger partial charge in [-0.05, 0) is 26.7 Å². The van der Waals surface area contributed by atoms with E-state index in [1.54, 1.807) is 0 Å². The summed E-state index contributed by atoms with van der Waals surface area (Å²) in [4.78, 5) is -0.799. The van der Waals surface area contributed by atoms with Gasteiger partial charge in [0.05, 0.1) is 0 Å². The number of ether oxygens (including phenoxy) is 2. The molecule has 2 unspecified atom stereocenters. The molecule has 1 N–H and O–H groups in total. The van der Waals surface area contributed by atoms with Crippen molar-refractivity contribution in [1.82, 2.24) is 0 Å². The van der Waals surface area contributed by atoms with Gasteiger partial charge in [0.1, 0.15) is 17.1 Å². The Morgan fingerprint density at radius 3 is 2.93 bits per heavy atom. The number of fused-ring (bicyclic) bond motifs is 1. The fourth-order valence-electron chi connectivity index (χ4n) is 2.17. The molecule has 2 fully saturated rings. The highest BCUT2D eigenvalue weighted by molar-refractivity contribution is 8.00.